The van der Waals surface area contributed by atoms with E-state index in [9.17, 15) is 9.59 Å². The topological polar surface area (TPSA) is 113 Å². The molecule has 2 saturated heterocycles. The fourth-order valence-electron chi connectivity index (χ4n) is 5.73. The largest absolute Gasteiger partial charge is 0.378 e. The first-order valence-electron chi connectivity index (χ1n) is 13.1. The van der Waals surface area contributed by atoms with E-state index in [0.29, 0.717) is 41.5 Å². The normalized spacial score (nSPS) is 21.9. The van der Waals surface area contributed by atoms with Crippen LogP contribution in [0, 0.1) is 5.92 Å². The average molecular weight is 501 g/mol. The van der Waals surface area contributed by atoms with Crippen molar-refractivity contribution in [1.82, 2.24) is 4.90 Å². The number of hydrogen-bond acceptors (Lipinski definition) is 8. The Morgan fingerprint density at radius 1 is 1.05 bits per heavy atom. The number of fused-ring (bicyclic) bond motifs is 3. The Morgan fingerprint density at radius 3 is 2.54 bits per heavy atom. The Bertz CT molecular complexity index is 1260. The van der Waals surface area contributed by atoms with Crippen LogP contribution in [-0.4, -0.2) is 69.1 Å². The number of piperidine rings is 1. The highest BCUT2D eigenvalue weighted by molar-refractivity contribution is 6.22. The molecule has 0 bridgehead atoms. The van der Waals surface area contributed by atoms with Gasteiger partial charge in [0.25, 0.3) is 0 Å². The minimum absolute atomic E-state index is 0.112. The van der Waals surface area contributed by atoms with Gasteiger partial charge >= 0.3 is 0 Å². The monoisotopic (exact) mass is 500 g/mol. The van der Waals surface area contributed by atoms with Gasteiger partial charge < -0.3 is 20.7 Å². The lowest BCUT2D eigenvalue weighted by Crippen LogP contribution is -2.40. The maximum absolute atomic E-state index is 13.7. The minimum atomic E-state index is -0.427. The van der Waals surface area contributed by atoms with Crippen LogP contribution in [0.3, 0.4) is 0 Å². The molecule has 192 valence electrons. The molecule has 2 aromatic rings. The number of rotatable bonds is 6. The first kappa shape index (κ1) is 24.0. The molecule has 1 aliphatic carbocycles. The molecule has 0 spiro atoms. The molecule has 0 aromatic heterocycles. The van der Waals surface area contributed by atoms with Crippen LogP contribution < -0.4 is 16.0 Å². The third-order valence-corrected chi connectivity index (χ3v) is 7.86. The Kier molecular flexibility index (Phi) is 6.58. The van der Waals surface area contributed by atoms with Gasteiger partial charge in [0, 0.05) is 24.3 Å². The van der Waals surface area contributed by atoms with E-state index in [4.69, 9.17) is 10.5 Å². The van der Waals surface area contributed by atoms with Gasteiger partial charge in [-0.25, -0.2) is 0 Å². The number of morpholine rings is 1. The third-order valence-electron chi connectivity index (χ3n) is 7.86. The van der Waals surface area contributed by atoms with Gasteiger partial charge in [0.2, 0.25) is 5.91 Å². The average Bonchev–Trinajstić information content (AvgIpc) is 3.50. The van der Waals surface area contributed by atoms with Gasteiger partial charge in [-0.3, -0.25) is 14.5 Å². The third kappa shape index (κ3) is 4.58. The van der Waals surface area contributed by atoms with Crippen molar-refractivity contribution in [3.8, 4) is 0 Å². The zero-order valence-corrected chi connectivity index (χ0v) is 20.9. The molecule has 2 aromatic carbocycles. The Balaban J connectivity index is 1.20. The van der Waals surface area contributed by atoms with Crippen LogP contribution in [0.4, 0.5) is 11.4 Å². The van der Waals surface area contributed by atoms with E-state index in [1.54, 1.807) is 6.07 Å². The Labute approximate surface area is 216 Å². The number of Topliss-reactive ketones (excluding diaryl/α,β-unsaturated/α-hetero) is 1. The van der Waals surface area contributed by atoms with Gasteiger partial charge in [-0.05, 0) is 62.2 Å². The lowest BCUT2D eigenvalue weighted by atomic mass is 9.97. The smallest absolute Gasteiger partial charge is 0.238 e. The molecule has 1 unspecified atom stereocenters. The number of anilines is 2. The maximum Gasteiger partial charge on any atom is 0.238 e. The van der Waals surface area contributed by atoms with E-state index in [0.717, 1.165) is 69.0 Å². The number of amides is 1. The molecule has 9 heteroatoms. The van der Waals surface area contributed by atoms with E-state index < -0.39 is 6.04 Å². The Hall–Kier alpha value is -3.40. The van der Waals surface area contributed by atoms with Crippen LogP contribution >= 0.6 is 0 Å². The van der Waals surface area contributed by atoms with Gasteiger partial charge in [-0.2, -0.15) is 10.2 Å². The van der Waals surface area contributed by atoms with Crippen molar-refractivity contribution >= 4 is 28.8 Å². The molecule has 1 amide bonds. The van der Waals surface area contributed by atoms with Crippen molar-refractivity contribution in [2.24, 2.45) is 21.9 Å². The molecule has 0 radical (unpaired) electrons. The van der Waals surface area contributed by atoms with E-state index >= 15 is 0 Å². The fraction of sp³-hybridized carbons (Fsp3) is 0.429. The summed E-state index contributed by atoms with van der Waals surface area (Å²) in [4.78, 5) is 31.0. The number of nitrogens with zero attached hydrogens (tertiary/aromatic N) is 4. The molecule has 37 heavy (non-hydrogen) atoms. The van der Waals surface area contributed by atoms with Crippen LogP contribution in [0.15, 0.2) is 58.3 Å². The summed E-state index contributed by atoms with van der Waals surface area (Å²) in [5.74, 6) is 0.317. The SMILES string of the molecule is NCC1CCN(CC(=O)Nc2cccc3c2C(=O)C2=C(c4ccc(N5CCOCC5)cc4)N=NC23)CC1. The van der Waals surface area contributed by atoms with Crippen LogP contribution in [0.25, 0.3) is 5.70 Å². The minimum Gasteiger partial charge on any atom is -0.378 e. The highest BCUT2D eigenvalue weighted by atomic mass is 16.5. The fourth-order valence-corrected chi connectivity index (χ4v) is 5.73. The van der Waals surface area contributed by atoms with Gasteiger partial charge in [0.05, 0.1) is 36.6 Å². The Morgan fingerprint density at radius 2 is 1.81 bits per heavy atom. The number of ether oxygens (including phenoxy) is 1. The first-order valence-corrected chi connectivity index (χ1v) is 13.1. The summed E-state index contributed by atoms with van der Waals surface area (Å²) >= 11 is 0. The highest BCUT2D eigenvalue weighted by Crippen LogP contribution is 2.49. The van der Waals surface area contributed by atoms with E-state index in [1.165, 1.54) is 0 Å². The first-order chi connectivity index (χ1) is 18.1. The second-order valence-corrected chi connectivity index (χ2v) is 10.1. The quantitative estimate of drug-likeness (QED) is 0.630. The maximum atomic E-state index is 13.7. The van der Waals surface area contributed by atoms with Crippen molar-refractivity contribution < 1.29 is 14.3 Å². The zero-order chi connectivity index (χ0) is 25.4. The molecule has 3 aliphatic heterocycles. The van der Waals surface area contributed by atoms with E-state index in [-0.39, 0.29) is 11.7 Å². The summed E-state index contributed by atoms with van der Waals surface area (Å²) in [7, 11) is 0. The van der Waals surface area contributed by atoms with Crippen LogP contribution in [0.1, 0.15) is 40.4 Å². The van der Waals surface area contributed by atoms with Crippen LogP contribution in [0.5, 0.6) is 0 Å². The lowest BCUT2D eigenvalue weighted by Gasteiger charge is -2.30. The molecule has 2 fully saturated rings. The van der Waals surface area contributed by atoms with Crippen molar-refractivity contribution in [2.45, 2.75) is 18.9 Å². The summed E-state index contributed by atoms with van der Waals surface area (Å²) in [6, 6.07) is 13.3. The summed E-state index contributed by atoms with van der Waals surface area (Å²) in [5, 5.41) is 11.9. The van der Waals surface area contributed by atoms with Crippen molar-refractivity contribution in [2.75, 3.05) is 62.7 Å². The number of nitrogens with one attached hydrogen (secondary N) is 1. The van der Waals surface area contributed by atoms with Gasteiger partial charge in [-0.1, -0.05) is 24.3 Å². The second-order valence-electron chi connectivity index (χ2n) is 10.1. The van der Waals surface area contributed by atoms with Gasteiger partial charge in [-0.15, -0.1) is 0 Å². The standard InChI is InChI=1S/C28H32N6O3/c29-16-18-8-10-33(11-9-18)17-23(35)30-22-3-1-2-21-24(22)28(36)25-26(31-32-27(21)25)19-4-6-20(7-5-19)34-12-14-37-15-13-34/h1-7,18,27H,8-17,29H2,(H,30,35). The summed E-state index contributed by atoms with van der Waals surface area (Å²) in [6.45, 7) is 5.92. The summed E-state index contributed by atoms with van der Waals surface area (Å²) in [5.41, 5.74) is 10.8. The number of azo groups is 1. The number of carbonyl (C=O) groups is 2. The van der Waals surface area contributed by atoms with Gasteiger partial charge in [0.1, 0.15) is 11.7 Å². The van der Waals surface area contributed by atoms with E-state index in [2.05, 4.69) is 37.5 Å². The van der Waals surface area contributed by atoms with Gasteiger partial charge in [0.15, 0.2) is 5.78 Å². The molecule has 3 N–H and O–H groups in total. The molecule has 6 rings (SSSR count). The summed E-state index contributed by atoms with van der Waals surface area (Å²) in [6.07, 6.45) is 2.03. The number of benzene rings is 2. The number of hydrogen-bond donors (Lipinski definition) is 2. The van der Waals surface area contributed by atoms with Crippen molar-refractivity contribution in [1.29, 1.82) is 0 Å². The van der Waals surface area contributed by atoms with Crippen LogP contribution in [-0.2, 0) is 9.53 Å². The molecular weight excluding hydrogens is 468 g/mol. The molecule has 4 aliphatic rings. The molecule has 9 nitrogen and oxygen atoms in total. The molecule has 3 heterocycles. The van der Waals surface area contributed by atoms with Crippen molar-refractivity contribution in [3.63, 3.8) is 0 Å². The highest BCUT2D eigenvalue weighted by Gasteiger charge is 2.42. The number of likely N-dealkylation sites (tertiary alicyclic amines) is 1. The summed E-state index contributed by atoms with van der Waals surface area (Å²) < 4.78 is 5.45. The number of ketones is 1. The molecule has 1 atom stereocenters. The second kappa shape index (κ2) is 10.2. The van der Waals surface area contributed by atoms with Crippen molar-refractivity contribution in [3.05, 3.63) is 64.7 Å². The van der Waals surface area contributed by atoms with Crippen LogP contribution in [0.2, 0.25) is 0 Å². The lowest BCUT2D eigenvalue weighted by molar-refractivity contribution is -0.117. The number of nitrogens with two attached hydrogens (primary N) is 1. The molecular formula is C28H32N6O3. The zero-order valence-electron chi connectivity index (χ0n) is 20.9. The predicted molar refractivity (Wildman–Crippen MR) is 142 cm³/mol. The van der Waals surface area contributed by atoms with E-state index in [1.807, 2.05) is 24.3 Å². The predicted octanol–water partition coefficient (Wildman–Crippen LogP) is 3.25. The number of carbonyl (C=O) groups excluding carboxylic acids is 2. The molecule has 0 saturated carbocycles.